The number of amides is 3. The van der Waals surface area contributed by atoms with Gasteiger partial charge in [0.25, 0.3) is 17.1 Å². The van der Waals surface area contributed by atoms with E-state index in [1.165, 1.54) is 24.3 Å². The molecule has 1 aliphatic heterocycles. The van der Waals surface area contributed by atoms with Crippen LogP contribution in [0, 0.1) is 12.8 Å². The van der Waals surface area contributed by atoms with Crippen molar-refractivity contribution < 1.29 is 22.8 Å². The number of carbonyl (C=O) groups is 3. The number of hydrogen-bond acceptors (Lipinski definition) is 6. The van der Waals surface area contributed by atoms with Crippen LogP contribution >= 0.6 is 11.8 Å². The van der Waals surface area contributed by atoms with E-state index in [4.69, 9.17) is 0 Å². The molecule has 2 aromatic rings. The normalized spacial score (nSPS) is 17.4. The van der Waals surface area contributed by atoms with E-state index in [1.54, 1.807) is 6.08 Å². The Balaban J connectivity index is 1.33. The molecule has 2 N–H and O–H groups in total. The first-order valence-corrected chi connectivity index (χ1v) is 13.2. The maximum atomic E-state index is 12.6. The minimum atomic E-state index is -3.69. The summed E-state index contributed by atoms with van der Waals surface area (Å²) in [7, 11) is -3.69. The molecule has 1 heterocycles. The summed E-state index contributed by atoms with van der Waals surface area (Å²) < 4.78 is 27.5. The van der Waals surface area contributed by atoms with E-state index in [0.717, 1.165) is 40.6 Å². The van der Waals surface area contributed by atoms with E-state index in [0.29, 0.717) is 17.4 Å². The van der Waals surface area contributed by atoms with Gasteiger partial charge in [-0.1, -0.05) is 35.9 Å². The van der Waals surface area contributed by atoms with Crippen LogP contribution in [0.3, 0.4) is 0 Å². The molecule has 0 bridgehead atoms. The number of carbonyl (C=O) groups excluding carboxylic acids is 3. The molecule has 0 aromatic heterocycles. The van der Waals surface area contributed by atoms with Crippen molar-refractivity contribution in [2.24, 2.45) is 5.92 Å². The van der Waals surface area contributed by atoms with Gasteiger partial charge in [0.1, 0.15) is 0 Å². The van der Waals surface area contributed by atoms with E-state index in [9.17, 15) is 22.8 Å². The van der Waals surface area contributed by atoms with Crippen LogP contribution in [0.15, 0.2) is 58.3 Å². The summed E-state index contributed by atoms with van der Waals surface area (Å²) in [4.78, 5) is 38.9. The molecule has 34 heavy (non-hydrogen) atoms. The minimum absolute atomic E-state index is 0.0164. The van der Waals surface area contributed by atoms with Gasteiger partial charge in [0.05, 0.1) is 9.80 Å². The fourth-order valence-corrected chi connectivity index (χ4v) is 5.35. The summed E-state index contributed by atoms with van der Waals surface area (Å²) in [6.07, 6.45) is 3.72. The molecular weight excluding hydrogens is 474 g/mol. The second kappa shape index (κ2) is 10.1. The van der Waals surface area contributed by atoms with Gasteiger partial charge in [-0.3, -0.25) is 19.3 Å². The van der Waals surface area contributed by atoms with Crippen molar-refractivity contribution in [3.63, 3.8) is 0 Å². The zero-order chi connectivity index (χ0) is 24.3. The predicted octanol–water partition coefficient (Wildman–Crippen LogP) is 3.15. The quantitative estimate of drug-likeness (QED) is 0.513. The fourth-order valence-electron chi connectivity index (χ4n) is 3.33. The van der Waals surface area contributed by atoms with E-state index in [-0.39, 0.29) is 23.5 Å². The second-order valence-corrected chi connectivity index (χ2v) is 11.1. The molecule has 2 fully saturated rings. The number of benzene rings is 2. The van der Waals surface area contributed by atoms with Crippen LogP contribution in [0.2, 0.25) is 0 Å². The number of aryl methyl sites for hydroxylation is 1. The number of rotatable bonds is 9. The summed E-state index contributed by atoms with van der Waals surface area (Å²) in [5.41, 5.74) is 2.10. The summed E-state index contributed by atoms with van der Waals surface area (Å²) in [6.45, 7) is 2.43. The summed E-state index contributed by atoms with van der Waals surface area (Å²) in [6, 6.07) is 13.4. The molecule has 1 saturated heterocycles. The Kier molecular flexibility index (Phi) is 7.20. The average molecular weight is 500 g/mol. The minimum Gasteiger partial charge on any atom is -0.350 e. The summed E-state index contributed by atoms with van der Waals surface area (Å²) >= 11 is 0.864. The largest absolute Gasteiger partial charge is 0.350 e. The van der Waals surface area contributed by atoms with Crippen molar-refractivity contribution in [1.82, 2.24) is 14.9 Å². The monoisotopic (exact) mass is 499 g/mol. The third-order valence-electron chi connectivity index (χ3n) is 5.54. The summed E-state index contributed by atoms with van der Waals surface area (Å²) in [5.74, 6) is -0.497. The zero-order valence-corrected chi connectivity index (χ0v) is 20.2. The molecule has 178 valence electrons. The molecule has 0 spiro atoms. The lowest BCUT2D eigenvalue weighted by molar-refractivity contribution is -0.122. The van der Waals surface area contributed by atoms with Gasteiger partial charge in [-0.15, -0.1) is 0 Å². The van der Waals surface area contributed by atoms with Crippen LogP contribution in [-0.2, 0) is 14.8 Å². The van der Waals surface area contributed by atoms with Crippen LogP contribution < -0.4 is 10.0 Å². The SMILES string of the molecule is Cc1ccc(/C=C2\SC(=O)N(CCNC(=O)c3cccc(S(=O)(=O)NCC4CC4)c3)C2=O)cc1. The third kappa shape index (κ3) is 5.94. The topological polar surface area (TPSA) is 113 Å². The van der Waals surface area contributed by atoms with Gasteiger partial charge in [-0.2, -0.15) is 0 Å². The van der Waals surface area contributed by atoms with Crippen LogP contribution in [0.5, 0.6) is 0 Å². The molecule has 0 unspecified atom stereocenters. The smallest absolute Gasteiger partial charge is 0.293 e. The highest BCUT2D eigenvalue weighted by molar-refractivity contribution is 8.18. The number of thioether (sulfide) groups is 1. The summed E-state index contributed by atoms with van der Waals surface area (Å²) in [5, 5.41) is 2.25. The molecule has 2 aliphatic rings. The molecule has 8 nitrogen and oxygen atoms in total. The first-order valence-electron chi connectivity index (χ1n) is 10.9. The Morgan fingerprint density at radius 2 is 1.88 bits per heavy atom. The lowest BCUT2D eigenvalue weighted by Crippen LogP contribution is -2.37. The number of imide groups is 1. The van der Waals surface area contributed by atoms with E-state index in [2.05, 4.69) is 10.0 Å². The lowest BCUT2D eigenvalue weighted by Gasteiger charge is -2.13. The van der Waals surface area contributed by atoms with Crippen LogP contribution in [-0.4, -0.2) is 50.0 Å². The molecule has 4 rings (SSSR count). The highest BCUT2D eigenvalue weighted by Gasteiger charge is 2.34. The van der Waals surface area contributed by atoms with Gasteiger partial charge < -0.3 is 5.32 Å². The fraction of sp³-hybridized carbons (Fsp3) is 0.292. The molecule has 3 amide bonds. The second-order valence-electron chi connectivity index (χ2n) is 8.32. The molecule has 1 aliphatic carbocycles. The van der Waals surface area contributed by atoms with Crippen molar-refractivity contribution in [1.29, 1.82) is 0 Å². The number of nitrogens with one attached hydrogen (secondary N) is 2. The Morgan fingerprint density at radius 3 is 2.59 bits per heavy atom. The maximum absolute atomic E-state index is 12.6. The van der Waals surface area contributed by atoms with Crippen molar-refractivity contribution in [2.75, 3.05) is 19.6 Å². The van der Waals surface area contributed by atoms with Gasteiger partial charge in [-0.05, 0) is 67.3 Å². The highest BCUT2D eigenvalue weighted by Crippen LogP contribution is 2.32. The lowest BCUT2D eigenvalue weighted by atomic mass is 10.1. The van der Waals surface area contributed by atoms with Crippen LogP contribution in [0.25, 0.3) is 6.08 Å². The zero-order valence-electron chi connectivity index (χ0n) is 18.6. The van der Waals surface area contributed by atoms with Crippen molar-refractivity contribution in [2.45, 2.75) is 24.7 Å². The maximum Gasteiger partial charge on any atom is 0.293 e. The Morgan fingerprint density at radius 1 is 1.15 bits per heavy atom. The highest BCUT2D eigenvalue weighted by atomic mass is 32.2. The first kappa shape index (κ1) is 24.2. The van der Waals surface area contributed by atoms with Gasteiger partial charge in [0.15, 0.2) is 0 Å². The molecular formula is C24H25N3O5S2. The van der Waals surface area contributed by atoms with E-state index < -0.39 is 27.1 Å². The van der Waals surface area contributed by atoms with Crippen LogP contribution in [0.1, 0.15) is 34.3 Å². The van der Waals surface area contributed by atoms with E-state index >= 15 is 0 Å². The molecule has 10 heteroatoms. The number of sulfonamides is 1. The Labute approximate surface area is 202 Å². The molecule has 2 aromatic carbocycles. The van der Waals surface area contributed by atoms with Crippen molar-refractivity contribution >= 4 is 44.9 Å². The van der Waals surface area contributed by atoms with E-state index in [1.807, 2.05) is 31.2 Å². The Hall–Kier alpha value is -2.95. The number of hydrogen-bond donors (Lipinski definition) is 2. The molecule has 0 radical (unpaired) electrons. The van der Waals surface area contributed by atoms with Gasteiger partial charge in [0, 0.05) is 25.2 Å². The molecule has 1 saturated carbocycles. The van der Waals surface area contributed by atoms with Gasteiger partial charge in [-0.25, -0.2) is 13.1 Å². The third-order valence-corrected chi connectivity index (χ3v) is 7.86. The average Bonchev–Trinajstić information content (AvgIpc) is 3.61. The first-order chi connectivity index (χ1) is 16.2. The Bertz CT molecular complexity index is 1250. The van der Waals surface area contributed by atoms with Crippen LogP contribution in [0.4, 0.5) is 4.79 Å². The van der Waals surface area contributed by atoms with Crippen molar-refractivity contribution in [3.8, 4) is 0 Å². The van der Waals surface area contributed by atoms with Gasteiger partial charge >= 0.3 is 0 Å². The van der Waals surface area contributed by atoms with Gasteiger partial charge in [0.2, 0.25) is 10.0 Å². The molecule has 0 atom stereocenters. The standard InChI is InChI=1S/C24H25N3O5S2/c1-16-5-7-17(8-6-16)13-21-23(29)27(24(30)33-21)12-11-25-22(28)19-3-2-4-20(14-19)34(31,32)26-15-18-9-10-18/h2-8,13-14,18,26H,9-12,15H2,1H3,(H,25,28)/b21-13-. The van der Waals surface area contributed by atoms with Crippen molar-refractivity contribution in [3.05, 3.63) is 70.1 Å². The predicted molar refractivity (Wildman–Crippen MR) is 131 cm³/mol. The number of nitrogens with zero attached hydrogens (tertiary/aromatic N) is 1.